The molecule has 0 aromatic heterocycles. The number of hydrogen-bond donors (Lipinski definition) is 2. The van der Waals surface area contributed by atoms with E-state index in [0.29, 0.717) is 12.6 Å². The molecule has 0 fully saturated rings. The van der Waals surface area contributed by atoms with Gasteiger partial charge < -0.3 is 15.2 Å². The van der Waals surface area contributed by atoms with E-state index >= 15 is 0 Å². The molecule has 1 aliphatic rings. The van der Waals surface area contributed by atoms with Crippen LogP contribution < -0.4 is 10.1 Å². The fourth-order valence-electron chi connectivity index (χ4n) is 2.93. The van der Waals surface area contributed by atoms with E-state index in [0.717, 1.165) is 17.7 Å². The van der Waals surface area contributed by atoms with Crippen molar-refractivity contribution in [2.75, 3.05) is 7.05 Å². The standard InChI is InChI=1S/C18H21NO2/c1-19-18-4-2-3-14-7-10-16(11-17(14)18)21-12-13-5-8-15(20)9-6-13/h5-11,18-20H,2-4,12H2,1H3. The summed E-state index contributed by atoms with van der Waals surface area (Å²) in [6.07, 6.45) is 3.59. The first-order valence-corrected chi connectivity index (χ1v) is 7.47. The second kappa shape index (κ2) is 6.19. The number of phenols is 1. The van der Waals surface area contributed by atoms with Crippen molar-refractivity contribution in [3.05, 3.63) is 59.2 Å². The lowest BCUT2D eigenvalue weighted by Crippen LogP contribution is -2.21. The summed E-state index contributed by atoms with van der Waals surface area (Å²) in [6.45, 7) is 0.517. The fraction of sp³-hybridized carbons (Fsp3) is 0.333. The van der Waals surface area contributed by atoms with Crippen LogP contribution in [0.2, 0.25) is 0 Å². The molecule has 110 valence electrons. The van der Waals surface area contributed by atoms with Gasteiger partial charge >= 0.3 is 0 Å². The molecule has 0 spiro atoms. The van der Waals surface area contributed by atoms with Gasteiger partial charge in [0.25, 0.3) is 0 Å². The Labute approximate surface area is 125 Å². The van der Waals surface area contributed by atoms with Crippen molar-refractivity contribution in [2.24, 2.45) is 0 Å². The molecular weight excluding hydrogens is 262 g/mol. The highest BCUT2D eigenvalue weighted by molar-refractivity contribution is 5.39. The van der Waals surface area contributed by atoms with Gasteiger partial charge in [0.15, 0.2) is 0 Å². The summed E-state index contributed by atoms with van der Waals surface area (Å²) in [7, 11) is 2.02. The molecule has 3 nitrogen and oxygen atoms in total. The van der Waals surface area contributed by atoms with E-state index in [-0.39, 0.29) is 5.75 Å². The quantitative estimate of drug-likeness (QED) is 0.901. The van der Waals surface area contributed by atoms with E-state index in [1.807, 2.05) is 19.2 Å². The zero-order valence-electron chi connectivity index (χ0n) is 12.3. The number of aromatic hydroxyl groups is 1. The Bertz CT molecular complexity index is 607. The Morgan fingerprint density at radius 1 is 1.19 bits per heavy atom. The number of rotatable bonds is 4. The molecule has 0 saturated heterocycles. The van der Waals surface area contributed by atoms with Gasteiger partial charge in [0.1, 0.15) is 18.1 Å². The van der Waals surface area contributed by atoms with Gasteiger partial charge in [0, 0.05) is 6.04 Å². The lowest BCUT2D eigenvalue weighted by molar-refractivity contribution is 0.305. The average Bonchev–Trinajstić information content (AvgIpc) is 2.53. The van der Waals surface area contributed by atoms with Gasteiger partial charge in [-0.05, 0) is 67.3 Å². The predicted molar refractivity (Wildman–Crippen MR) is 83.6 cm³/mol. The van der Waals surface area contributed by atoms with E-state index in [9.17, 15) is 5.11 Å². The molecule has 0 bridgehead atoms. The predicted octanol–water partition coefficient (Wildman–Crippen LogP) is 3.57. The monoisotopic (exact) mass is 283 g/mol. The van der Waals surface area contributed by atoms with Crippen LogP contribution in [0, 0.1) is 0 Å². The summed E-state index contributed by atoms with van der Waals surface area (Å²) in [5.41, 5.74) is 3.85. The normalized spacial score (nSPS) is 17.3. The maximum absolute atomic E-state index is 9.28. The topological polar surface area (TPSA) is 41.5 Å². The van der Waals surface area contributed by atoms with Crippen LogP contribution in [-0.4, -0.2) is 12.2 Å². The van der Waals surface area contributed by atoms with Crippen LogP contribution in [0.25, 0.3) is 0 Å². The highest BCUT2D eigenvalue weighted by Crippen LogP contribution is 2.32. The molecule has 0 heterocycles. The molecule has 2 N–H and O–H groups in total. The number of aryl methyl sites for hydroxylation is 1. The Morgan fingerprint density at radius 2 is 2.00 bits per heavy atom. The van der Waals surface area contributed by atoms with Crippen LogP contribution in [0.5, 0.6) is 11.5 Å². The summed E-state index contributed by atoms with van der Waals surface area (Å²) in [6, 6.07) is 14.0. The van der Waals surface area contributed by atoms with Crippen molar-refractivity contribution in [2.45, 2.75) is 31.9 Å². The molecule has 2 aromatic carbocycles. The minimum absolute atomic E-state index is 0.282. The van der Waals surface area contributed by atoms with E-state index in [1.165, 1.54) is 24.0 Å². The molecular formula is C18H21NO2. The molecule has 1 aliphatic carbocycles. The van der Waals surface area contributed by atoms with Crippen LogP contribution in [0.3, 0.4) is 0 Å². The maximum atomic E-state index is 9.28. The molecule has 3 rings (SSSR count). The third kappa shape index (κ3) is 3.19. The van der Waals surface area contributed by atoms with Gasteiger partial charge in [-0.1, -0.05) is 18.2 Å². The van der Waals surface area contributed by atoms with Gasteiger partial charge in [-0.3, -0.25) is 0 Å². The smallest absolute Gasteiger partial charge is 0.120 e. The highest BCUT2D eigenvalue weighted by atomic mass is 16.5. The highest BCUT2D eigenvalue weighted by Gasteiger charge is 2.19. The first-order valence-electron chi connectivity index (χ1n) is 7.47. The number of nitrogens with one attached hydrogen (secondary N) is 1. The number of hydrogen-bond acceptors (Lipinski definition) is 3. The minimum atomic E-state index is 0.282. The number of fused-ring (bicyclic) bond motifs is 1. The van der Waals surface area contributed by atoms with Crippen molar-refractivity contribution in [1.29, 1.82) is 0 Å². The molecule has 21 heavy (non-hydrogen) atoms. The largest absolute Gasteiger partial charge is 0.508 e. The van der Waals surface area contributed by atoms with Gasteiger partial charge in [-0.25, -0.2) is 0 Å². The molecule has 1 atom stereocenters. The van der Waals surface area contributed by atoms with Crippen molar-refractivity contribution in [3.8, 4) is 11.5 Å². The zero-order chi connectivity index (χ0) is 14.7. The van der Waals surface area contributed by atoms with E-state index in [4.69, 9.17) is 4.74 Å². The third-order valence-electron chi connectivity index (χ3n) is 4.12. The molecule has 0 amide bonds. The van der Waals surface area contributed by atoms with Crippen molar-refractivity contribution < 1.29 is 9.84 Å². The van der Waals surface area contributed by atoms with Gasteiger partial charge in [-0.2, -0.15) is 0 Å². The summed E-state index contributed by atoms with van der Waals surface area (Å²) in [5.74, 6) is 1.19. The summed E-state index contributed by atoms with van der Waals surface area (Å²) < 4.78 is 5.88. The number of phenolic OH excluding ortho intramolecular Hbond substituents is 1. The lowest BCUT2D eigenvalue weighted by atomic mass is 9.87. The first kappa shape index (κ1) is 14.0. The third-order valence-corrected chi connectivity index (χ3v) is 4.12. The van der Waals surface area contributed by atoms with Crippen LogP contribution in [0.15, 0.2) is 42.5 Å². The van der Waals surface area contributed by atoms with E-state index in [2.05, 4.69) is 23.5 Å². The first-order chi connectivity index (χ1) is 10.3. The summed E-state index contributed by atoms with van der Waals surface area (Å²) >= 11 is 0. The molecule has 1 unspecified atom stereocenters. The van der Waals surface area contributed by atoms with E-state index in [1.54, 1.807) is 12.1 Å². The molecule has 0 aliphatic heterocycles. The van der Waals surface area contributed by atoms with Gasteiger partial charge in [-0.15, -0.1) is 0 Å². The van der Waals surface area contributed by atoms with Crippen molar-refractivity contribution in [1.82, 2.24) is 5.32 Å². The van der Waals surface area contributed by atoms with Gasteiger partial charge in [0.05, 0.1) is 0 Å². The Kier molecular flexibility index (Phi) is 4.11. The van der Waals surface area contributed by atoms with Crippen LogP contribution in [0.4, 0.5) is 0 Å². The second-order valence-corrected chi connectivity index (χ2v) is 5.55. The van der Waals surface area contributed by atoms with Crippen LogP contribution in [-0.2, 0) is 13.0 Å². The van der Waals surface area contributed by atoms with E-state index < -0.39 is 0 Å². The molecule has 3 heteroatoms. The van der Waals surface area contributed by atoms with Crippen LogP contribution >= 0.6 is 0 Å². The molecule has 0 radical (unpaired) electrons. The SMILES string of the molecule is CNC1CCCc2ccc(OCc3ccc(O)cc3)cc21. The lowest BCUT2D eigenvalue weighted by Gasteiger charge is -2.25. The minimum Gasteiger partial charge on any atom is -0.508 e. The average molecular weight is 283 g/mol. The van der Waals surface area contributed by atoms with Crippen molar-refractivity contribution >= 4 is 0 Å². The Balaban J connectivity index is 1.73. The maximum Gasteiger partial charge on any atom is 0.120 e. The summed E-state index contributed by atoms with van der Waals surface area (Å²) in [5, 5.41) is 12.7. The van der Waals surface area contributed by atoms with Crippen molar-refractivity contribution in [3.63, 3.8) is 0 Å². The summed E-state index contributed by atoms with van der Waals surface area (Å²) in [4.78, 5) is 0. The Morgan fingerprint density at radius 3 is 2.76 bits per heavy atom. The fourth-order valence-corrected chi connectivity index (χ4v) is 2.93. The molecule has 0 saturated carbocycles. The number of ether oxygens (including phenoxy) is 1. The van der Waals surface area contributed by atoms with Gasteiger partial charge in [0.2, 0.25) is 0 Å². The number of benzene rings is 2. The second-order valence-electron chi connectivity index (χ2n) is 5.55. The van der Waals surface area contributed by atoms with Crippen LogP contribution in [0.1, 0.15) is 35.6 Å². The Hall–Kier alpha value is -2.00. The zero-order valence-corrected chi connectivity index (χ0v) is 12.3. The molecule has 2 aromatic rings.